The molecule has 1 aromatic heterocycles. The number of hydrogen-bond acceptors (Lipinski definition) is 4. The lowest BCUT2D eigenvalue weighted by atomic mass is 10.2. The van der Waals surface area contributed by atoms with Gasteiger partial charge in [0.05, 0.1) is 11.7 Å². The molecule has 2 aromatic rings. The van der Waals surface area contributed by atoms with Gasteiger partial charge in [0.2, 0.25) is 10.0 Å². The summed E-state index contributed by atoms with van der Waals surface area (Å²) in [5.41, 5.74) is 6.73. The second kappa shape index (κ2) is 5.55. The predicted molar refractivity (Wildman–Crippen MR) is 83.4 cm³/mol. The molecule has 1 atom stereocenters. The van der Waals surface area contributed by atoms with E-state index in [1.807, 2.05) is 26.0 Å². The van der Waals surface area contributed by atoms with Crippen LogP contribution in [0, 0.1) is 13.8 Å². The van der Waals surface area contributed by atoms with E-state index in [-0.39, 0.29) is 16.6 Å². The number of sulfonamides is 1. The number of aryl methyl sites for hydroxylation is 2. The minimum absolute atomic E-state index is 0.167. The Morgan fingerprint density at radius 1 is 1.20 bits per heavy atom. The second-order valence-electron chi connectivity index (χ2n) is 4.78. The van der Waals surface area contributed by atoms with Crippen molar-refractivity contribution in [2.45, 2.75) is 31.7 Å². The molecule has 108 valence electrons. The van der Waals surface area contributed by atoms with Gasteiger partial charge in [-0.25, -0.2) is 13.1 Å². The van der Waals surface area contributed by atoms with Crippen LogP contribution in [0.15, 0.2) is 35.2 Å². The van der Waals surface area contributed by atoms with E-state index in [0.29, 0.717) is 5.56 Å². The first-order chi connectivity index (χ1) is 9.31. The maximum absolute atomic E-state index is 12.5. The van der Waals surface area contributed by atoms with Crippen LogP contribution in [-0.4, -0.2) is 8.42 Å². The van der Waals surface area contributed by atoms with Crippen molar-refractivity contribution in [3.05, 3.63) is 45.6 Å². The van der Waals surface area contributed by atoms with Gasteiger partial charge in [-0.1, -0.05) is 12.1 Å². The molecule has 0 spiro atoms. The van der Waals surface area contributed by atoms with Crippen molar-refractivity contribution in [1.29, 1.82) is 0 Å². The summed E-state index contributed by atoms with van der Waals surface area (Å²) in [4.78, 5) is 2.31. The van der Waals surface area contributed by atoms with Gasteiger partial charge in [0, 0.05) is 9.75 Å². The molecule has 0 saturated heterocycles. The van der Waals surface area contributed by atoms with E-state index in [0.717, 1.165) is 9.75 Å². The molecule has 3 N–H and O–H groups in total. The molecule has 0 radical (unpaired) electrons. The number of rotatable bonds is 4. The monoisotopic (exact) mass is 310 g/mol. The molecular weight excluding hydrogens is 292 g/mol. The number of nitrogen functional groups attached to an aromatic ring is 1. The minimum Gasteiger partial charge on any atom is -0.398 e. The zero-order chi connectivity index (χ0) is 14.9. The molecule has 0 aliphatic rings. The molecule has 0 bridgehead atoms. The quantitative estimate of drug-likeness (QED) is 0.853. The lowest BCUT2D eigenvalue weighted by Gasteiger charge is -2.15. The lowest BCUT2D eigenvalue weighted by Crippen LogP contribution is -2.27. The van der Waals surface area contributed by atoms with Crippen LogP contribution in [0.3, 0.4) is 0 Å². The average Bonchev–Trinajstić information content (AvgIpc) is 2.74. The molecule has 6 heteroatoms. The highest BCUT2D eigenvalue weighted by atomic mass is 32.2. The van der Waals surface area contributed by atoms with Crippen LogP contribution >= 0.6 is 11.3 Å². The summed E-state index contributed by atoms with van der Waals surface area (Å²) in [5, 5.41) is 0. The summed E-state index contributed by atoms with van der Waals surface area (Å²) in [6.07, 6.45) is 0. The van der Waals surface area contributed by atoms with Crippen molar-refractivity contribution >= 4 is 27.0 Å². The number of hydrogen-bond donors (Lipinski definition) is 2. The molecule has 1 heterocycles. The number of anilines is 1. The van der Waals surface area contributed by atoms with Gasteiger partial charge in [0.15, 0.2) is 0 Å². The van der Waals surface area contributed by atoms with Crippen LogP contribution < -0.4 is 10.5 Å². The van der Waals surface area contributed by atoms with E-state index < -0.39 is 10.0 Å². The first kappa shape index (κ1) is 15.0. The van der Waals surface area contributed by atoms with Gasteiger partial charge in [0.25, 0.3) is 0 Å². The van der Waals surface area contributed by atoms with Crippen molar-refractivity contribution in [3.8, 4) is 0 Å². The molecule has 0 aliphatic heterocycles. The fourth-order valence-electron chi connectivity index (χ4n) is 2.08. The third-order valence-electron chi connectivity index (χ3n) is 3.03. The van der Waals surface area contributed by atoms with Gasteiger partial charge in [-0.2, -0.15) is 0 Å². The van der Waals surface area contributed by atoms with E-state index in [4.69, 9.17) is 5.73 Å². The van der Waals surface area contributed by atoms with Crippen LogP contribution in [0.1, 0.15) is 28.3 Å². The highest BCUT2D eigenvalue weighted by Gasteiger charge is 2.23. The van der Waals surface area contributed by atoms with Crippen molar-refractivity contribution in [2.75, 3.05) is 5.73 Å². The standard InChI is InChI=1S/C14H18N2O2S2/c1-9-5-4-6-12(15)14(9)20(17,18)16-11(3)13-8-7-10(2)19-13/h4-8,11,16H,15H2,1-3H3. The first-order valence-electron chi connectivity index (χ1n) is 6.25. The average molecular weight is 310 g/mol. The van der Waals surface area contributed by atoms with Crippen LogP contribution in [0.2, 0.25) is 0 Å². The molecule has 4 nitrogen and oxygen atoms in total. The van der Waals surface area contributed by atoms with Gasteiger partial charge in [-0.3, -0.25) is 0 Å². The molecule has 0 aliphatic carbocycles. The fraction of sp³-hybridized carbons (Fsp3) is 0.286. The van der Waals surface area contributed by atoms with E-state index in [2.05, 4.69) is 4.72 Å². The summed E-state index contributed by atoms with van der Waals surface area (Å²) < 4.78 is 27.6. The lowest BCUT2D eigenvalue weighted by molar-refractivity contribution is 0.568. The van der Waals surface area contributed by atoms with Crippen LogP contribution in [-0.2, 0) is 10.0 Å². The molecular formula is C14H18N2O2S2. The molecule has 0 saturated carbocycles. The molecule has 0 fully saturated rings. The first-order valence-corrected chi connectivity index (χ1v) is 8.55. The Labute approximate surface area is 123 Å². The Bertz CT molecular complexity index is 700. The summed E-state index contributed by atoms with van der Waals surface area (Å²) >= 11 is 1.58. The largest absolute Gasteiger partial charge is 0.398 e. The molecule has 1 aromatic carbocycles. The second-order valence-corrected chi connectivity index (χ2v) is 7.75. The Hall–Kier alpha value is -1.37. The van der Waals surface area contributed by atoms with E-state index in [1.165, 1.54) is 0 Å². The van der Waals surface area contributed by atoms with Crippen molar-refractivity contribution < 1.29 is 8.42 Å². The zero-order valence-corrected chi connectivity index (χ0v) is 13.3. The fourth-order valence-corrected chi connectivity index (χ4v) is 4.61. The zero-order valence-electron chi connectivity index (χ0n) is 11.7. The van der Waals surface area contributed by atoms with Crippen LogP contribution in [0.25, 0.3) is 0 Å². The predicted octanol–water partition coefficient (Wildman–Crippen LogP) is 2.99. The van der Waals surface area contributed by atoms with Crippen molar-refractivity contribution in [3.63, 3.8) is 0 Å². The molecule has 0 amide bonds. The van der Waals surface area contributed by atoms with Gasteiger partial charge in [-0.15, -0.1) is 11.3 Å². The molecule has 20 heavy (non-hydrogen) atoms. The number of nitrogens with one attached hydrogen (secondary N) is 1. The highest BCUT2D eigenvalue weighted by Crippen LogP contribution is 2.27. The Balaban J connectivity index is 2.32. The topological polar surface area (TPSA) is 72.2 Å². The van der Waals surface area contributed by atoms with Crippen molar-refractivity contribution in [1.82, 2.24) is 4.72 Å². The van der Waals surface area contributed by atoms with E-state index in [1.54, 1.807) is 36.5 Å². The Kier molecular flexibility index (Phi) is 4.17. The summed E-state index contributed by atoms with van der Waals surface area (Å²) in [5.74, 6) is 0. The molecule has 1 unspecified atom stereocenters. The van der Waals surface area contributed by atoms with E-state index >= 15 is 0 Å². The summed E-state index contributed by atoms with van der Waals surface area (Å²) in [6, 6.07) is 8.72. The highest BCUT2D eigenvalue weighted by molar-refractivity contribution is 7.89. The van der Waals surface area contributed by atoms with Gasteiger partial charge in [-0.05, 0) is 44.5 Å². The number of thiophene rings is 1. The minimum atomic E-state index is -3.63. The summed E-state index contributed by atoms with van der Waals surface area (Å²) in [6.45, 7) is 5.57. The van der Waals surface area contributed by atoms with Crippen LogP contribution in [0.4, 0.5) is 5.69 Å². The SMILES string of the molecule is Cc1ccc(C(C)NS(=O)(=O)c2c(C)cccc2N)s1. The number of benzene rings is 1. The summed E-state index contributed by atoms with van der Waals surface area (Å²) in [7, 11) is -3.63. The maximum atomic E-state index is 12.5. The van der Waals surface area contributed by atoms with E-state index in [9.17, 15) is 8.42 Å². The third kappa shape index (κ3) is 3.03. The van der Waals surface area contributed by atoms with Gasteiger partial charge < -0.3 is 5.73 Å². The molecule has 2 rings (SSSR count). The number of nitrogens with two attached hydrogens (primary N) is 1. The van der Waals surface area contributed by atoms with Gasteiger partial charge in [0.1, 0.15) is 4.90 Å². The van der Waals surface area contributed by atoms with Gasteiger partial charge >= 0.3 is 0 Å². The smallest absolute Gasteiger partial charge is 0.243 e. The Morgan fingerprint density at radius 3 is 2.45 bits per heavy atom. The normalized spacial score (nSPS) is 13.3. The van der Waals surface area contributed by atoms with Crippen molar-refractivity contribution in [2.24, 2.45) is 0 Å². The third-order valence-corrected chi connectivity index (χ3v) is 5.97. The Morgan fingerprint density at radius 2 is 1.90 bits per heavy atom. The maximum Gasteiger partial charge on any atom is 0.243 e. The van der Waals surface area contributed by atoms with Crippen LogP contribution in [0.5, 0.6) is 0 Å².